The fourth-order valence-electron chi connectivity index (χ4n) is 3.47. The first-order chi connectivity index (χ1) is 10.1. The molecule has 2 unspecified atom stereocenters. The number of aliphatic hydroxyl groups is 1. The molecule has 2 heterocycles. The van der Waals surface area contributed by atoms with Crippen LogP contribution in [0.25, 0.3) is 0 Å². The molecule has 2 aliphatic rings. The first-order valence-electron chi connectivity index (χ1n) is 7.56. The van der Waals surface area contributed by atoms with E-state index in [2.05, 4.69) is 0 Å². The molecular weight excluding hydrogens is 291 g/mol. The second-order valence-electron chi connectivity index (χ2n) is 6.19. The zero-order valence-electron chi connectivity index (χ0n) is 12.0. The van der Waals surface area contributed by atoms with E-state index >= 15 is 0 Å². The highest BCUT2D eigenvalue weighted by Crippen LogP contribution is 2.40. The van der Waals surface area contributed by atoms with Gasteiger partial charge in [-0.2, -0.15) is 0 Å². The minimum absolute atomic E-state index is 0.147. The van der Waals surface area contributed by atoms with Gasteiger partial charge in [0, 0.05) is 27.7 Å². The smallest absolute Gasteiger partial charge is 0.123 e. The molecule has 2 saturated heterocycles. The lowest BCUT2D eigenvalue weighted by atomic mass is 9.83. The monoisotopic (exact) mass is 312 g/mol. The lowest BCUT2D eigenvalue weighted by molar-refractivity contribution is -0.00714. The summed E-state index contributed by atoms with van der Waals surface area (Å²) >= 11 is 0. The van der Waals surface area contributed by atoms with Gasteiger partial charge in [0.1, 0.15) is 11.6 Å². The third-order valence-corrected chi connectivity index (χ3v) is 6.69. The van der Waals surface area contributed by atoms with E-state index in [9.17, 15) is 13.7 Å². The molecule has 1 N–H and O–H groups in total. The predicted molar refractivity (Wildman–Crippen MR) is 80.3 cm³/mol. The molecule has 0 amide bonds. The van der Waals surface area contributed by atoms with Gasteiger partial charge in [0.05, 0.1) is 12.2 Å². The molecule has 2 fully saturated rings. The number of hydrogen-bond donors (Lipinski definition) is 1. The summed E-state index contributed by atoms with van der Waals surface area (Å²) in [7, 11) is -0.769. The zero-order chi connectivity index (χ0) is 14.9. The van der Waals surface area contributed by atoms with E-state index in [1.54, 1.807) is 12.1 Å². The van der Waals surface area contributed by atoms with E-state index in [1.807, 2.05) is 0 Å². The molecule has 5 heteroatoms. The van der Waals surface area contributed by atoms with E-state index < -0.39 is 16.4 Å². The van der Waals surface area contributed by atoms with Crippen molar-refractivity contribution in [3.8, 4) is 5.75 Å². The van der Waals surface area contributed by atoms with Crippen molar-refractivity contribution in [3.63, 3.8) is 0 Å². The molecule has 1 aromatic carbocycles. The van der Waals surface area contributed by atoms with Crippen LogP contribution in [0.2, 0.25) is 0 Å². The molecule has 0 aliphatic carbocycles. The summed E-state index contributed by atoms with van der Waals surface area (Å²) < 4.78 is 30.5. The Hall–Kier alpha value is -0.940. The van der Waals surface area contributed by atoms with Gasteiger partial charge in [-0.25, -0.2) is 4.39 Å². The normalized spacial score (nSPS) is 35.4. The summed E-state index contributed by atoms with van der Waals surface area (Å²) in [5.74, 6) is 0.322. The van der Waals surface area contributed by atoms with E-state index in [0.717, 1.165) is 19.3 Å². The molecule has 116 valence electrons. The van der Waals surface area contributed by atoms with Gasteiger partial charge in [-0.05, 0) is 49.9 Å². The van der Waals surface area contributed by atoms with Gasteiger partial charge in [0.2, 0.25) is 0 Å². The summed E-state index contributed by atoms with van der Waals surface area (Å²) in [6.07, 6.45) is 4.82. The van der Waals surface area contributed by atoms with Crippen LogP contribution in [0.1, 0.15) is 38.5 Å². The van der Waals surface area contributed by atoms with E-state index in [-0.39, 0.29) is 16.3 Å². The van der Waals surface area contributed by atoms with Gasteiger partial charge in [0.15, 0.2) is 0 Å². The number of fused-ring (bicyclic) bond motifs is 2. The van der Waals surface area contributed by atoms with Crippen molar-refractivity contribution >= 4 is 10.8 Å². The number of rotatable bonds is 4. The van der Waals surface area contributed by atoms with Crippen LogP contribution in [0.5, 0.6) is 5.75 Å². The highest BCUT2D eigenvalue weighted by atomic mass is 32.2. The molecule has 0 aromatic heterocycles. The quantitative estimate of drug-likeness (QED) is 0.930. The largest absolute Gasteiger partial charge is 0.493 e. The van der Waals surface area contributed by atoms with Crippen LogP contribution in [0.15, 0.2) is 24.3 Å². The number of halogens is 1. The van der Waals surface area contributed by atoms with Gasteiger partial charge in [0.25, 0.3) is 0 Å². The maximum absolute atomic E-state index is 12.8. The van der Waals surface area contributed by atoms with Crippen molar-refractivity contribution < 1.29 is 18.4 Å². The van der Waals surface area contributed by atoms with E-state index in [4.69, 9.17) is 4.74 Å². The second kappa shape index (κ2) is 6.05. The maximum Gasteiger partial charge on any atom is 0.123 e. The minimum atomic E-state index is -0.769. The molecule has 3 nitrogen and oxygen atoms in total. The average molecular weight is 312 g/mol. The molecular formula is C16H21FO3S. The van der Waals surface area contributed by atoms with Crippen molar-refractivity contribution in [3.05, 3.63) is 30.1 Å². The predicted octanol–water partition coefficient (Wildman–Crippen LogP) is 2.79. The van der Waals surface area contributed by atoms with E-state index in [0.29, 0.717) is 31.6 Å². The van der Waals surface area contributed by atoms with Crippen LogP contribution in [0, 0.1) is 5.82 Å². The highest BCUT2D eigenvalue weighted by molar-refractivity contribution is 7.86. The van der Waals surface area contributed by atoms with Crippen molar-refractivity contribution in [1.82, 2.24) is 0 Å². The van der Waals surface area contributed by atoms with Crippen LogP contribution in [0.4, 0.5) is 4.39 Å². The minimum Gasteiger partial charge on any atom is -0.493 e. The van der Waals surface area contributed by atoms with Crippen molar-refractivity contribution in [1.29, 1.82) is 0 Å². The maximum atomic E-state index is 12.8. The molecule has 0 saturated carbocycles. The summed E-state index contributed by atoms with van der Waals surface area (Å²) in [6.45, 7) is 0.397. The average Bonchev–Trinajstić information content (AvgIpc) is 2.43. The standard InChI is InChI=1S/C16H21FO3S/c17-12-4-6-13(7-5-12)20-9-8-16(18)10-14-2-1-3-15(11-16)21(14)19/h4-7,14-15,18H,1-3,8-11H2. The Labute approximate surface area is 127 Å². The van der Waals surface area contributed by atoms with Gasteiger partial charge in [-0.15, -0.1) is 0 Å². The first-order valence-corrected chi connectivity index (χ1v) is 8.83. The number of hydrogen-bond acceptors (Lipinski definition) is 3. The van der Waals surface area contributed by atoms with Crippen LogP contribution in [0.3, 0.4) is 0 Å². The molecule has 21 heavy (non-hydrogen) atoms. The Morgan fingerprint density at radius 2 is 1.86 bits per heavy atom. The van der Waals surface area contributed by atoms with Gasteiger partial charge >= 0.3 is 0 Å². The fraction of sp³-hybridized carbons (Fsp3) is 0.625. The van der Waals surface area contributed by atoms with Crippen molar-refractivity contribution in [2.45, 2.75) is 54.6 Å². The van der Waals surface area contributed by atoms with E-state index in [1.165, 1.54) is 12.1 Å². The Morgan fingerprint density at radius 3 is 2.48 bits per heavy atom. The summed E-state index contributed by atoms with van der Waals surface area (Å²) in [4.78, 5) is 0. The topological polar surface area (TPSA) is 46.5 Å². The molecule has 3 rings (SSSR count). The van der Waals surface area contributed by atoms with Crippen LogP contribution >= 0.6 is 0 Å². The Bertz CT molecular complexity index is 501. The van der Waals surface area contributed by atoms with Crippen LogP contribution in [-0.4, -0.2) is 32.0 Å². The van der Waals surface area contributed by atoms with Gasteiger partial charge in [-0.1, -0.05) is 6.42 Å². The number of ether oxygens (including phenoxy) is 1. The van der Waals surface area contributed by atoms with Crippen molar-refractivity contribution in [2.75, 3.05) is 6.61 Å². The molecule has 2 bridgehead atoms. The summed E-state index contributed by atoms with van der Waals surface area (Å²) in [6, 6.07) is 5.89. The SMILES string of the molecule is O=S1C2CCCC1CC(O)(CCOc1ccc(F)cc1)C2. The zero-order valence-corrected chi connectivity index (χ0v) is 12.8. The second-order valence-corrected chi connectivity index (χ2v) is 8.18. The lowest BCUT2D eigenvalue weighted by Crippen LogP contribution is -2.49. The summed E-state index contributed by atoms with van der Waals surface area (Å²) in [5.41, 5.74) is -0.760. The summed E-state index contributed by atoms with van der Waals surface area (Å²) in [5, 5.41) is 11.0. The molecule has 2 aliphatic heterocycles. The third kappa shape index (κ3) is 3.46. The molecule has 0 spiro atoms. The van der Waals surface area contributed by atoms with Gasteiger partial charge < -0.3 is 9.84 Å². The Balaban J connectivity index is 1.55. The Morgan fingerprint density at radius 1 is 1.24 bits per heavy atom. The van der Waals surface area contributed by atoms with Crippen LogP contribution < -0.4 is 4.74 Å². The van der Waals surface area contributed by atoms with Gasteiger partial charge in [-0.3, -0.25) is 4.21 Å². The lowest BCUT2D eigenvalue weighted by Gasteiger charge is -2.43. The fourth-order valence-corrected chi connectivity index (χ4v) is 5.76. The highest BCUT2D eigenvalue weighted by Gasteiger charge is 2.45. The van der Waals surface area contributed by atoms with Crippen molar-refractivity contribution in [2.24, 2.45) is 0 Å². The Kier molecular flexibility index (Phi) is 4.31. The molecule has 2 atom stereocenters. The third-order valence-electron chi connectivity index (χ3n) is 4.57. The number of benzene rings is 1. The molecule has 0 radical (unpaired) electrons. The van der Waals surface area contributed by atoms with Crippen LogP contribution in [-0.2, 0) is 10.8 Å². The molecule has 1 aromatic rings. The first kappa shape index (κ1) is 15.0.